The van der Waals surface area contributed by atoms with Crippen LogP contribution >= 0.6 is 0 Å². The number of hydrogen-bond acceptors (Lipinski definition) is 4. The van der Waals surface area contributed by atoms with E-state index in [9.17, 15) is 8.42 Å². The summed E-state index contributed by atoms with van der Waals surface area (Å²) in [5.41, 5.74) is 0. The molecule has 1 aromatic carbocycles. The van der Waals surface area contributed by atoms with Gasteiger partial charge in [0.15, 0.2) is 0 Å². The Balaban J connectivity index is 2.57. The maximum absolute atomic E-state index is 11.9. The molecular weight excluding hydrogens is 252 g/mol. The first-order valence-electron chi connectivity index (χ1n) is 5.94. The standard InChI is InChI=1S/C12H20N2O3S/c1-3-7-13-8-9-14-18(15,16)12-6-4-5-11(10-12)17-2/h4-6,10,13-14H,3,7-9H2,1-2H3. The van der Waals surface area contributed by atoms with Gasteiger partial charge in [-0.05, 0) is 25.1 Å². The lowest BCUT2D eigenvalue weighted by molar-refractivity contribution is 0.413. The van der Waals surface area contributed by atoms with E-state index in [0.717, 1.165) is 13.0 Å². The molecule has 5 nitrogen and oxygen atoms in total. The molecule has 1 rings (SSSR count). The van der Waals surface area contributed by atoms with Gasteiger partial charge in [-0.15, -0.1) is 0 Å². The second kappa shape index (κ2) is 7.35. The Bertz CT molecular complexity index is 460. The Morgan fingerprint density at radius 1 is 1.22 bits per heavy atom. The average Bonchev–Trinajstić information content (AvgIpc) is 2.38. The Hall–Kier alpha value is -1.11. The average molecular weight is 272 g/mol. The zero-order valence-corrected chi connectivity index (χ0v) is 11.6. The quantitative estimate of drug-likeness (QED) is 0.692. The molecule has 0 heterocycles. The van der Waals surface area contributed by atoms with Crippen LogP contribution in [0.4, 0.5) is 0 Å². The van der Waals surface area contributed by atoms with Gasteiger partial charge in [-0.3, -0.25) is 0 Å². The lowest BCUT2D eigenvalue weighted by atomic mass is 10.3. The first-order chi connectivity index (χ1) is 8.60. The predicted molar refractivity (Wildman–Crippen MR) is 71.3 cm³/mol. The van der Waals surface area contributed by atoms with Crippen molar-refractivity contribution in [2.24, 2.45) is 0 Å². The molecule has 18 heavy (non-hydrogen) atoms. The summed E-state index contributed by atoms with van der Waals surface area (Å²) in [6.45, 7) is 3.95. The van der Waals surface area contributed by atoms with Crippen molar-refractivity contribution in [2.45, 2.75) is 18.2 Å². The Kier molecular flexibility index (Phi) is 6.11. The molecule has 0 fully saturated rings. The van der Waals surface area contributed by atoms with Crippen molar-refractivity contribution in [2.75, 3.05) is 26.7 Å². The van der Waals surface area contributed by atoms with E-state index in [0.29, 0.717) is 18.8 Å². The zero-order valence-electron chi connectivity index (χ0n) is 10.8. The summed E-state index contributed by atoms with van der Waals surface area (Å²) in [5.74, 6) is 0.530. The van der Waals surface area contributed by atoms with Crippen LogP contribution in [0.25, 0.3) is 0 Å². The summed E-state index contributed by atoms with van der Waals surface area (Å²) in [4.78, 5) is 0.220. The van der Waals surface area contributed by atoms with E-state index < -0.39 is 10.0 Å². The number of nitrogens with one attached hydrogen (secondary N) is 2. The van der Waals surface area contributed by atoms with Crippen molar-refractivity contribution < 1.29 is 13.2 Å². The van der Waals surface area contributed by atoms with Crippen LogP contribution in [0.15, 0.2) is 29.2 Å². The normalized spacial score (nSPS) is 11.4. The molecule has 6 heteroatoms. The molecule has 0 unspecified atom stereocenters. The monoisotopic (exact) mass is 272 g/mol. The number of benzene rings is 1. The highest BCUT2D eigenvalue weighted by Crippen LogP contribution is 2.16. The largest absolute Gasteiger partial charge is 0.497 e. The van der Waals surface area contributed by atoms with Gasteiger partial charge in [0.05, 0.1) is 12.0 Å². The van der Waals surface area contributed by atoms with Gasteiger partial charge in [0.1, 0.15) is 5.75 Å². The molecule has 0 atom stereocenters. The fourth-order valence-electron chi connectivity index (χ4n) is 1.43. The molecule has 0 radical (unpaired) electrons. The molecule has 0 saturated carbocycles. The molecule has 102 valence electrons. The van der Waals surface area contributed by atoms with Gasteiger partial charge in [-0.2, -0.15) is 0 Å². The van der Waals surface area contributed by atoms with Gasteiger partial charge in [0.2, 0.25) is 10.0 Å². The topological polar surface area (TPSA) is 67.4 Å². The number of ether oxygens (including phenoxy) is 1. The van der Waals surface area contributed by atoms with Gasteiger partial charge in [0, 0.05) is 19.2 Å². The molecular formula is C12H20N2O3S. The van der Waals surface area contributed by atoms with Crippen molar-refractivity contribution in [1.82, 2.24) is 10.0 Å². The zero-order chi connectivity index (χ0) is 13.4. The molecule has 1 aromatic rings. The molecule has 0 spiro atoms. The molecule has 0 bridgehead atoms. The van der Waals surface area contributed by atoms with Crippen LogP contribution in [0.2, 0.25) is 0 Å². The molecule has 0 aliphatic heterocycles. The van der Waals surface area contributed by atoms with Gasteiger partial charge in [-0.1, -0.05) is 13.0 Å². The Morgan fingerprint density at radius 2 is 2.00 bits per heavy atom. The number of methoxy groups -OCH3 is 1. The van der Waals surface area contributed by atoms with E-state index in [1.54, 1.807) is 18.2 Å². The third-order valence-corrected chi connectivity index (χ3v) is 3.83. The smallest absolute Gasteiger partial charge is 0.240 e. The minimum Gasteiger partial charge on any atom is -0.497 e. The van der Waals surface area contributed by atoms with Crippen molar-refractivity contribution in [1.29, 1.82) is 0 Å². The molecule has 0 amide bonds. The second-order valence-corrected chi connectivity index (χ2v) is 5.59. The SMILES string of the molecule is CCCNCCNS(=O)(=O)c1cccc(OC)c1. The van der Waals surface area contributed by atoms with E-state index >= 15 is 0 Å². The molecule has 0 aromatic heterocycles. The fourth-order valence-corrected chi connectivity index (χ4v) is 2.49. The maximum Gasteiger partial charge on any atom is 0.240 e. The minimum atomic E-state index is -3.45. The summed E-state index contributed by atoms with van der Waals surface area (Å²) in [6, 6.07) is 6.41. The van der Waals surface area contributed by atoms with Crippen LogP contribution in [-0.2, 0) is 10.0 Å². The Labute approximate surface area is 109 Å². The lowest BCUT2D eigenvalue weighted by Gasteiger charge is -2.08. The molecule has 2 N–H and O–H groups in total. The van der Waals surface area contributed by atoms with Crippen molar-refractivity contribution in [3.63, 3.8) is 0 Å². The number of sulfonamides is 1. The highest BCUT2D eigenvalue weighted by molar-refractivity contribution is 7.89. The van der Waals surface area contributed by atoms with Crippen LogP contribution in [-0.4, -0.2) is 35.2 Å². The molecule has 0 saturated heterocycles. The predicted octanol–water partition coefficient (Wildman–Crippen LogP) is 0.973. The first kappa shape index (κ1) is 14.9. The van der Waals surface area contributed by atoms with Crippen LogP contribution in [0, 0.1) is 0 Å². The third-order valence-electron chi connectivity index (χ3n) is 2.37. The van der Waals surface area contributed by atoms with E-state index in [-0.39, 0.29) is 4.90 Å². The van der Waals surface area contributed by atoms with Gasteiger partial charge >= 0.3 is 0 Å². The van der Waals surface area contributed by atoms with Gasteiger partial charge < -0.3 is 10.1 Å². The van der Waals surface area contributed by atoms with E-state index in [4.69, 9.17) is 4.74 Å². The summed E-state index contributed by atoms with van der Waals surface area (Å²) in [5, 5.41) is 3.13. The van der Waals surface area contributed by atoms with E-state index in [1.165, 1.54) is 13.2 Å². The summed E-state index contributed by atoms with van der Waals surface area (Å²) in [7, 11) is -1.94. The van der Waals surface area contributed by atoms with Crippen molar-refractivity contribution in [3.05, 3.63) is 24.3 Å². The van der Waals surface area contributed by atoms with Crippen molar-refractivity contribution in [3.8, 4) is 5.75 Å². The highest BCUT2D eigenvalue weighted by atomic mass is 32.2. The van der Waals surface area contributed by atoms with Crippen molar-refractivity contribution >= 4 is 10.0 Å². The third kappa shape index (κ3) is 4.64. The highest BCUT2D eigenvalue weighted by Gasteiger charge is 2.13. The van der Waals surface area contributed by atoms with Crippen LogP contribution in [0.1, 0.15) is 13.3 Å². The van der Waals surface area contributed by atoms with E-state index in [1.807, 2.05) is 0 Å². The maximum atomic E-state index is 11.9. The van der Waals surface area contributed by atoms with E-state index in [2.05, 4.69) is 17.0 Å². The summed E-state index contributed by atoms with van der Waals surface area (Å²) >= 11 is 0. The fraction of sp³-hybridized carbons (Fsp3) is 0.500. The second-order valence-electron chi connectivity index (χ2n) is 3.83. The lowest BCUT2D eigenvalue weighted by Crippen LogP contribution is -2.32. The van der Waals surface area contributed by atoms with Crippen LogP contribution < -0.4 is 14.8 Å². The van der Waals surface area contributed by atoms with Crippen LogP contribution in [0.5, 0.6) is 5.75 Å². The molecule has 0 aliphatic rings. The summed E-state index contributed by atoms with van der Waals surface area (Å²) < 4.78 is 31.4. The van der Waals surface area contributed by atoms with Crippen LogP contribution in [0.3, 0.4) is 0 Å². The number of rotatable bonds is 8. The molecule has 0 aliphatic carbocycles. The summed E-state index contributed by atoms with van der Waals surface area (Å²) in [6.07, 6.45) is 1.03. The van der Waals surface area contributed by atoms with Gasteiger partial charge in [0.25, 0.3) is 0 Å². The Morgan fingerprint density at radius 3 is 2.67 bits per heavy atom. The number of hydrogen-bond donors (Lipinski definition) is 2. The minimum absolute atomic E-state index is 0.220. The first-order valence-corrected chi connectivity index (χ1v) is 7.43. The van der Waals surface area contributed by atoms with Gasteiger partial charge in [-0.25, -0.2) is 13.1 Å².